The number of esters is 1. The van der Waals surface area contributed by atoms with E-state index in [2.05, 4.69) is 15.9 Å². The van der Waals surface area contributed by atoms with Gasteiger partial charge in [0, 0.05) is 17.7 Å². The van der Waals surface area contributed by atoms with Gasteiger partial charge in [0.15, 0.2) is 23.9 Å². The molecule has 0 aliphatic carbocycles. The molecule has 1 aliphatic rings. The predicted octanol–water partition coefficient (Wildman–Crippen LogP) is 4.23. The van der Waals surface area contributed by atoms with Crippen LogP contribution in [0.1, 0.15) is 22.8 Å². The number of hydrogen-bond donors (Lipinski definition) is 0. The van der Waals surface area contributed by atoms with E-state index >= 15 is 0 Å². The van der Waals surface area contributed by atoms with Gasteiger partial charge in [-0.05, 0) is 70.5 Å². The quantitative estimate of drug-likeness (QED) is 0.132. The van der Waals surface area contributed by atoms with Gasteiger partial charge >= 0.3 is 5.97 Å². The first-order chi connectivity index (χ1) is 17.1. The Labute approximate surface area is 217 Å². The second kappa shape index (κ2) is 11.8. The summed E-state index contributed by atoms with van der Waals surface area (Å²) in [5, 5.41) is 10.2. The van der Waals surface area contributed by atoms with Crippen LogP contribution in [0.15, 0.2) is 45.8 Å². The molecule has 1 heterocycles. The van der Waals surface area contributed by atoms with Gasteiger partial charge < -0.3 is 14.2 Å². The number of benzene rings is 2. The van der Waals surface area contributed by atoms with Gasteiger partial charge in [-0.2, -0.15) is 0 Å². The Hall–Kier alpha value is -3.71. The van der Waals surface area contributed by atoms with Crippen molar-refractivity contribution in [1.29, 1.82) is 0 Å². The second-order valence-corrected chi connectivity index (χ2v) is 8.97. The van der Waals surface area contributed by atoms with Gasteiger partial charge in [0.25, 0.3) is 16.8 Å². The van der Waals surface area contributed by atoms with Crippen molar-refractivity contribution in [2.45, 2.75) is 6.92 Å². The number of nitro groups is 1. The van der Waals surface area contributed by atoms with E-state index in [4.69, 9.17) is 14.2 Å². The van der Waals surface area contributed by atoms with Gasteiger partial charge in [0.1, 0.15) is 0 Å². The predicted molar refractivity (Wildman–Crippen MR) is 133 cm³/mol. The van der Waals surface area contributed by atoms with Gasteiger partial charge in [-0.3, -0.25) is 29.4 Å². The number of imide groups is 1. The normalized spacial score (nSPS) is 14.2. The first kappa shape index (κ1) is 26.9. The van der Waals surface area contributed by atoms with E-state index in [-0.39, 0.29) is 40.9 Å². The van der Waals surface area contributed by atoms with Crippen molar-refractivity contribution in [3.63, 3.8) is 0 Å². The van der Waals surface area contributed by atoms with E-state index in [0.29, 0.717) is 21.8 Å². The van der Waals surface area contributed by atoms with Crippen LogP contribution < -0.4 is 9.47 Å². The lowest BCUT2D eigenvalue weighted by atomic mass is 10.1. The summed E-state index contributed by atoms with van der Waals surface area (Å²) in [6.07, 6.45) is 1.46. The molecule has 0 saturated carbocycles. The summed E-state index contributed by atoms with van der Waals surface area (Å²) in [5.74, 6) is -1.22. The number of ketones is 1. The Kier molecular flexibility index (Phi) is 8.83. The number of halogens is 1. The van der Waals surface area contributed by atoms with Gasteiger partial charge in [0.05, 0.1) is 34.6 Å². The van der Waals surface area contributed by atoms with Crippen LogP contribution in [-0.4, -0.2) is 59.6 Å². The van der Waals surface area contributed by atoms with Crippen molar-refractivity contribution in [1.82, 2.24) is 4.90 Å². The number of methoxy groups -OCH3 is 1. The lowest BCUT2D eigenvalue weighted by Gasteiger charge is -2.13. The monoisotopic (exact) mass is 578 g/mol. The smallest absolute Gasteiger partial charge is 0.344 e. The minimum absolute atomic E-state index is 0.0886. The SMILES string of the molecule is CCOC(=O)COc1c(Br)cc(/C=C2\SC(=O)N(CC(=O)c3ccc([N+](=O)[O-])cc3)C2=O)cc1OC. The molecule has 0 bridgehead atoms. The highest BCUT2D eigenvalue weighted by atomic mass is 79.9. The highest BCUT2D eigenvalue weighted by Gasteiger charge is 2.36. The maximum atomic E-state index is 12.8. The summed E-state index contributed by atoms with van der Waals surface area (Å²) in [6, 6.07) is 8.05. The van der Waals surface area contributed by atoms with Crippen LogP contribution in [0, 0.1) is 10.1 Å². The van der Waals surface area contributed by atoms with Crippen molar-refractivity contribution in [3.8, 4) is 11.5 Å². The third kappa shape index (κ3) is 6.29. The number of amides is 2. The Balaban J connectivity index is 1.76. The molecular formula is C23H19BrN2O9S. The van der Waals surface area contributed by atoms with Gasteiger partial charge in [0.2, 0.25) is 0 Å². The molecule has 11 nitrogen and oxygen atoms in total. The van der Waals surface area contributed by atoms with Crippen molar-refractivity contribution in [2.75, 3.05) is 26.9 Å². The Bertz CT molecular complexity index is 1260. The molecule has 3 rings (SSSR count). The molecule has 1 fully saturated rings. The zero-order chi connectivity index (χ0) is 26.4. The summed E-state index contributed by atoms with van der Waals surface area (Å²) < 4.78 is 16.1. The fourth-order valence-corrected chi connectivity index (χ4v) is 4.50. The zero-order valence-corrected chi connectivity index (χ0v) is 21.4. The summed E-state index contributed by atoms with van der Waals surface area (Å²) >= 11 is 4.02. The number of rotatable bonds is 10. The largest absolute Gasteiger partial charge is 0.493 e. The standard InChI is InChI=1S/C23H19BrN2O9S/c1-3-34-20(28)12-35-21-16(24)8-13(9-18(21)33-2)10-19-22(29)25(23(30)36-19)11-17(27)14-4-6-15(7-5-14)26(31)32/h4-10H,3,11-12H2,1-2H3/b19-10-. The second-order valence-electron chi connectivity index (χ2n) is 7.12. The fourth-order valence-electron chi connectivity index (χ4n) is 3.09. The van der Waals surface area contributed by atoms with Crippen LogP contribution in [0.4, 0.5) is 10.5 Å². The number of hydrogen-bond acceptors (Lipinski definition) is 10. The molecule has 1 saturated heterocycles. The topological polar surface area (TPSA) is 142 Å². The van der Waals surface area contributed by atoms with E-state index in [1.165, 1.54) is 37.5 Å². The number of nitrogens with zero attached hydrogens (tertiary/aromatic N) is 2. The average Bonchev–Trinajstić information content (AvgIpc) is 3.10. The molecule has 0 aromatic heterocycles. The lowest BCUT2D eigenvalue weighted by Crippen LogP contribution is -2.33. The van der Waals surface area contributed by atoms with E-state index in [0.717, 1.165) is 4.90 Å². The minimum Gasteiger partial charge on any atom is -0.493 e. The molecule has 0 spiro atoms. The Morgan fingerprint density at radius 3 is 2.50 bits per heavy atom. The lowest BCUT2D eigenvalue weighted by molar-refractivity contribution is -0.384. The Morgan fingerprint density at radius 1 is 1.19 bits per heavy atom. The summed E-state index contributed by atoms with van der Waals surface area (Å²) in [7, 11) is 1.40. The van der Waals surface area contributed by atoms with Crippen LogP contribution in [0.2, 0.25) is 0 Å². The van der Waals surface area contributed by atoms with Crippen LogP contribution >= 0.6 is 27.7 Å². The molecule has 0 unspecified atom stereocenters. The van der Waals surface area contributed by atoms with Crippen LogP contribution in [0.3, 0.4) is 0 Å². The molecular weight excluding hydrogens is 560 g/mol. The highest BCUT2D eigenvalue weighted by Crippen LogP contribution is 2.39. The molecule has 2 aromatic rings. The van der Waals surface area contributed by atoms with Crippen LogP contribution in [0.5, 0.6) is 11.5 Å². The van der Waals surface area contributed by atoms with Crippen molar-refractivity contribution >= 4 is 62.4 Å². The number of nitro benzene ring substituents is 1. The molecule has 2 aromatic carbocycles. The molecule has 36 heavy (non-hydrogen) atoms. The fraction of sp³-hybridized carbons (Fsp3) is 0.217. The minimum atomic E-state index is -0.655. The molecule has 1 aliphatic heterocycles. The molecule has 2 amide bonds. The van der Waals surface area contributed by atoms with E-state index in [1.54, 1.807) is 19.1 Å². The molecule has 13 heteroatoms. The zero-order valence-electron chi connectivity index (χ0n) is 19.0. The Morgan fingerprint density at radius 2 is 1.89 bits per heavy atom. The van der Waals surface area contributed by atoms with Gasteiger partial charge in [-0.15, -0.1) is 0 Å². The van der Waals surface area contributed by atoms with Crippen molar-refractivity contribution in [2.24, 2.45) is 0 Å². The van der Waals surface area contributed by atoms with Crippen molar-refractivity contribution < 1.29 is 38.3 Å². The van der Waals surface area contributed by atoms with Crippen LogP contribution in [-0.2, 0) is 14.3 Å². The number of ether oxygens (including phenoxy) is 3. The van der Waals surface area contributed by atoms with E-state index < -0.39 is 34.4 Å². The number of thioether (sulfide) groups is 1. The number of non-ortho nitro benzene ring substituents is 1. The third-order valence-electron chi connectivity index (χ3n) is 4.76. The first-order valence-electron chi connectivity index (χ1n) is 10.3. The molecule has 0 N–H and O–H groups in total. The number of Topliss-reactive ketones (excluding diaryl/α,β-unsaturated/α-hetero) is 1. The summed E-state index contributed by atoms with van der Waals surface area (Å²) in [5.41, 5.74) is 0.449. The number of carbonyl (C=O) groups is 4. The van der Waals surface area contributed by atoms with E-state index in [9.17, 15) is 29.3 Å². The third-order valence-corrected chi connectivity index (χ3v) is 6.26. The molecule has 188 valence electrons. The molecule has 0 atom stereocenters. The maximum Gasteiger partial charge on any atom is 0.344 e. The summed E-state index contributed by atoms with van der Waals surface area (Å²) in [6.45, 7) is 1.06. The molecule has 0 radical (unpaired) electrons. The maximum absolute atomic E-state index is 12.8. The number of carbonyl (C=O) groups excluding carboxylic acids is 4. The first-order valence-corrected chi connectivity index (χ1v) is 11.9. The van der Waals surface area contributed by atoms with Crippen molar-refractivity contribution in [3.05, 3.63) is 67.0 Å². The van der Waals surface area contributed by atoms with Gasteiger partial charge in [-0.25, -0.2) is 4.79 Å². The van der Waals surface area contributed by atoms with E-state index in [1.807, 2.05) is 0 Å². The van der Waals surface area contributed by atoms with Crippen LogP contribution in [0.25, 0.3) is 6.08 Å². The average molecular weight is 579 g/mol. The van der Waals surface area contributed by atoms with Gasteiger partial charge in [-0.1, -0.05) is 0 Å². The summed E-state index contributed by atoms with van der Waals surface area (Å²) in [4.78, 5) is 60.5. The highest BCUT2D eigenvalue weighted by molar-refractivity contribution is 9.10.